The van der Waals surface area contributed by atoms with Crippen molar-refractivity contribution in [1.29, 1.82) is 0 Å². The summed E-state index contributed by atoms with van der Waals surface area (Å²) >= 11 is 0. The smallest absolute Gasteiger partial charge is 0.256 e. The van der Waals surface area contributed by atoms with Gasteiger partial charge in [0, 0.05) is 22.4 Å². The van der Waals surface area contributed by atoms with Crippen molar-refractivity contribution in [2.75, 3.05) is 5.32 Å². The van der Waals surface area contributed by atoms with E-state index in [-0.39, 0.29) is 5.91 Å². The number of oxazole rings is 1. The van der Waals surface area contributed by atoms with Gasteiger partial charge >= 0.3 is 0 Å². The first-order valence-electron chi connectivity index (χ1n) is 8.78. The second kappa shape index (κ2) is 5.95. The molecule has 0 atom stereocenters. The monoisotopic (exact) mass is 352 g/mol. The molecular formula is C23H16N2O2. The van der Waals surface area contributed by atoms with Crippen LogP contribution in [0.25, 0.3) is 34.2 Å². The first-order valence-corrected chi connectivity index (χ1v) is 8.78. The minimum Gasteiger partial charge on any atom is -0.436 e. The van der Waals surface area contributed by atoms with E-state index in [1.807, 2.05) is 79.7 Å². The van der Waals surface area contributed by atoms with E-state index in [1.165, 1.54) is 0 Å². The third kappa shape index (κ3) is 2.62. The molecule has 2 heterocycles. The molecule has 27 heavy (non-hydrogen) atoms. The number of nitrogens with zero attached hydrogens (tertiary/aromatic N) is 1. The molecule has 0 saturated heterocycles. The first kappa shape index (κ1) is 15.6. The molecule has 0 radical (unpaired) electrons. The SMILES string of the molecule is Cc1cccc2oc(-c3ccc(/C=C4/C(=O)Nc5ccccc54)cc3)nc12. The molecule has 1 aliphatic rings. The standard InChI is InChI=1S/C23H16N2O2/c1-14-5-4-8-20-21(14)25-23(27-20)16-11-9-15(10-12-16)13-18-17-6-2-3-7-19(17)24-22(18)26/h2-13H,1H3,(H,24,26)/b18-13+. The molecule has 4 heteroatoms. The van der Waals surface area contributed by atoms with Crippen LogP contribution in [-0.4, -0.2) is 10.9 Å². The Kier molecular flexibility index (Phi) is 3.44. The highest BCUT2D eigenvalue weighted by atomic mass is 16.3. The van der Waals surface area contributed by atoms with Gasteiger partial charge in [-0.25, -0.2) is 4.98 Å². The zero-order valence-electron chi connectivity index (χ0n) is 14.7. The van der Waals surface area contributed by atoms with Gasteiger partial charge in [-0.2, -0.15) is 0 Å². The van der Waals surface area contributed by atoms with E-state index >= 15 is 0 Å². The van der Waals surface area contributed by atoms with Crippen molar-refractivity contribution < 1.29 is 9.21 Å². The minimum atomic E-state index is -0.0743. The predicted octanol–water partition coefficient (Wildman–Crippen LogP) is 5.30. The van der Waals surface area contributed by atoms with E-state index in [9.17, 15) is 4.79 Å². The zero-order chi connectivity index (χ0) is 18.4. The Morgan fingerprint density at radius 3 is 2.59 bits per heavy atom. The summed E-state index contributed by atoms with van der Waals surface area (Å²) < 4.78 is 5.88. The summed E-state index contributed by atoms with van der Waals surface area (Å²) in [6.45, 7) is 2.02. The van der Waals surface area contributed by atoms with Crippen LogP contribution in [0.4, 0.5) is 5.69 Å². The van der Waals surface area contributed by atoms with Gasteiger partial charge in [-0.1, -0.05) is 42.5 Å². The maximum absolute atomic E-state index is 12.3. The number of anilines is 1. The predicted molar refractivity (Wildman–Crippen MR) is 107 cm³/mol. The third-order valence-corrected chi connectivity index (χ3v) is 4.80. The summed E-state index contributed by atoms with van der Waals surface area (Å²) in [5.41, 5.74) is 7.09. The highest BCUT2D eigenvalue weighted by molar-refractivity contribution is 6.34. The van der Waals surface area contributed by atoms with Gasteiger partial charge in [0.2, 0.25) is 5.89 Å². The topological polar surface area (TPSA) is 55.1 Å². The summed E-state index contributed by atoms with van der Waals surface area (Å²) in [4.78, 5) is 16.9. The van der Waals surface area contributed by atoms with E-state index in [0.29, 0.717) is 11.5 Å². The van der Waals surface area contributed by atoms with Gasteiger partial charge in [-0.3, -0.25) is 4.79 Å². The molecule has 4 nitrogen and oxygen atoms in total. The molecule has 0 spiro atoms. The number of hydrogen-bond donors (Lipinski definition) is 1. The minimum absolute atomic E-state index is 0.0743. The van der Waals surface area contributed by atoms with Crippen molar-refractivity contribution >= 4 is 34.3 Å². The Morgan fingerprint density at radius 1 is 0.963 bits per heavy atom. The van der Waals surface area contributed by atoms with Gasteiger partial charge in [0.15, 0.2) is 5.58 Å². The molecule has 1 N–H and O–H groups in total. The number of aromatic nitrogens is 1. The van der Waals surface area contributed by atoms with Crippen molar-refractivity contribution in [3.8, 4) is 11.5 Å². The molecule has 0 unspecified atom stereocenters. The number of carbonyl (C=O) groups is 1. The van der Waals surface area contributed by atoms with Crippen LogP contribution in [0.1, 0.15) is 16.7 Å². The Hall–Kier alpha value is -3.66. The molecule has 3 aromatic carbocycles. The average molecular weight is 352 g/mol. The molecule has 4 aromatic rings. The molecule has 130 valence electrons. The van der Waals surface area contributed by atoms with Crippen LogP contribution >= 0.6 is 0 Å². The van der Waals surface area contributed by atoms with E-state index in [4.69, 9.17) is 4.42 Å². The van der Waals surface area contributed by atoms with Gasteiger partial charge in [0.25, 0.3) is 5.91 Å². The molecule has 1 aliphatic heterocycles. The van der Waals surface area contributed by atoms with Crippen LogP contribution in [0.3, 0.4) is 0 Å². The Morgan fingerprint density at radius 2 is 1.78 bits per heavy atom. The normalized spacial score (nSPS) is 14.6. The van der Waals surface area contributed by atoms with Crippen LogP contribution in [0.5, 0.6) is 0 Å². The number of para-hydroxylation sites is 2. The number of nitrogens with one attached hydrogen (secondary N) is 1. The maximum Gasteiger partial charge on any atom is 0.256 e. The average Bonchev–Trinajstić information content (AvgIpc) is 3.25. The second-order valence-corrected chi connectivity index (χ2v) is 6.62. The maximum atomic E-state index is 12.3. The van der Waals surface area contributed by atoms with E-state index < -0.39 is 0 Å². The summed E-state index contributed by atoms with van der Waals surface area (Å²) in [6.07, 6.45) is 1.90. The highest BCUT2D eigenvalue weighted by Crippen LogP contribution is 2.33. The molecule has 0 saturated carbocycles. The fraction of sp³-hybridized carbons (Fsp3) is 0.0435. The number of fused-ring (bicyclic) bond motifs is 2. The molecular weight excluding hydrogens is 336 g/mol. The third-order valence-electron chi connectivity index (χ3n) is 4.80. The Bertz CT molecular complexity index is 1220. The number of aryl methyl sites for hydroxylation is 1. The quantitative estimate of drug-likeness (QED) is 0.498. The summed E-state index contributed by atoms with van der Waals surface area (Å²) in [5, 5.41) is 2.89. The zero-order valence-corrected chi connectivity index (χ0v) is 14.7. The van der Waals surface area contributed by atoms with Crippen molar-refractivity contribution in [1.82, 2.24) is 4.98 Å². The number of rotatable bonds is 2. The second-order valence-electron chi connectivity index (χ2n) is 6.62. The van der Waals surface area contributed by atoms with E-state index in [0.717, 1.165) is 39.0 Å². The summed E-state index contributed by atoms with van der Waals surface area (Å²) in [7, 11) is 0. The van der Waals surface area contributed by atoms with Crippen LogP contribution in [-0.2, 0) is 4.79 Å². The van der Waals surface area contributed by atoms with Gasteiger partial charge < -0.3 is 9.73 Å². The van der Waals surface area contributed by atoms with Crippen LogP contribution < -0.4 is 5.32 Å². The lowest BCUT2D eigenvalue weighted by atomic mass is 10.0. The van der Waals surface area contributed by atoms with Gasteiger partial charge in [0.05, 0.1) is 0 Å². The number of hydrogen-bond acceptors (Lipinski definition) is 3. The van der Waals surface area contributed by atoms with Gasteiger partial charge in [-0.05, 0) is 48.4 Å². The van der Waals surface area contributed by atoms with E-state index in [1.54, 1.807) is 0 Å². The summed E-state index contributed by atoms with van der Waals surface area (Å²) in [5.74, 6) is 0.525. The number of carbonyl (C=O) groups excluding carboxylic acids is 1. The lowest BCUT2D eigenvalue weighted by Crippen LogP contribution is -2.03. The lowest BCUT2D eigenvalue weighted by molar-refractivity contribution is -0.110. The van der Waals surface area contributed by atoms with E-state index in [2.05, 4.69) is 10.3 Å². The number of amides is 1. The fourth-order valence-corrected chi connectivity index (χ4v) is 3.38. The molecule has 1 aromatic heterocycles. The van der Waals surface area contributed by atoms with Crippen molar-refractivity contribution in [3.05, 3.63) is 83.4 Å². The van der Waals surface area contributed by atoms with Crippen molar-refractivity contribution in [2.45, 2.75) is 6.92 Å². The molecule has 5 rings (SSSR count). The van der Waals surface area contributed by atoms with Gasteiger partial charge in [-0.15, -0.1) is 0 Å². The molecule has 0 bridgehead atoms. The van der Waals surface area contributed by atoms with Crippen LogP contribution in [0.15, 0.2) is 71.1 Å². The number of benzene rings is 3. The fourth-order valence-electron chi connectivity index (χ4n) is 3.38. The largest absolute Gasteiger partial charge is 0.436 e. The summed E-state index contributed by atoms with van der Waals surface area (Å²) in [6, 6.07) is 21.5. The van der Waals surface area contributed by atoms with Crippen molar-refractivity contribution in [2.24, 2.45) is 0 Å². The Labute approximate surface area is 156 Å². The molecule has 1 amide bonds. The lowest BCUT2D eigenvalue weighted by Gasteiger charge is -2.00. The molecule has 0 aliphatic carbocycles. The van der Waals surface area contributed by atoms with Crippen LogP contribution in [0.2, 0.25) is 0 Å². The highest BCUT2D eigenvalue weighted by Gasteiger charge is 2.23. The Balaban J connectivity index is 1.50. The van der Waals surface area contributed by atoms with Gasteiger partial charge in [0.1, 0.15) is 5.52 Å². The van der Waals surface area contributed by atoms with Crippen LogP contribution in [0, 0.1) is 6.92 Å². The molecule has 0 fully saturated rings. The van der Waals surface area contributed by atoms with Crippen molar-refractivity contribution in [3.63, 3.8) is 0 Å². The first-order chi connectivity index (χ1) is 13.2.